The maximum atomic E-state index is 12.9. The summed E-state index contributed by atoms with van der Waals surface area (Å²) in [5.41, 5.74) is 2.95. The smallest absolute Gasteiger partial charge is 0.243 e. The minimum absolute atomic E-state index is 0.166. The molecule has 1 atom stereocenters. The van der Waals surface area contributed by atoms with Crippen molar-refractivity contribution >= 4 is 27.7 Å². The van der Waals surface area contributed by atoms with E-state index in [0.29, 0.717) is 0 Å². The molecule has 3 aromatic carbocycles. The Balaban J connectivity index is 1.79. The van der Waals surface area contributed by atoms with E-state index in [1.807, 2.05) is 67.8 Å². The summed E-state index contributed by atoms with van der Waals surface area (Å²) in [4.78, 5) is 14.0. The van der Waals surface area contributed by atoms with Crippen LogP contribution in [0.15, 0.2) is 88.7 Å². The minimum atomic E-state index is -3.77. The van der Waals surface area contributed by atoms with Crippen molar-refractivity contribution in [3.8, 4) is 0 Å². The van der Waals surface area contributed by atoms with Crippen LogP contribution in [-0.4, -0.2) is 38.5 Å². The van der Waals surface area contributed by atoms with Crippen LogP contribution in [0, 0.1) is 6.92 Å². The predicted octanol–water partition coefficient (Wildman–Crippen LogP) is 4.24. The van der Waals surface area contributed by atoms with Crippen LogP contribution in [-0.2, 0) is 14.8 Å². The highest BCUT2D eigenvalue weighted by molar-refractivity contribution is 7.98. The number of rotatable bonds is 8. The Morgan fingerprint density at radius 3 is 2.19 bits per heavy atom. The molecule has 31 heavy (non-hydrogen) atoms. The van der Waals surface area contributed by atoms with Gasteiger partial charge in [0.1, 0.15) is 0 Å². The van der Waals surface area contributed by atoms with Crippen LogP contribution in [0.3, 0.4) is 0 Å². The van der Waals surface area contributed by atoms with E-state index < -0.39 is 10.0 Å². The van der Waals surface area contributed by atoms with E-state index in [2.05, 4.69) is 5.32 Å². The highest BCUT2D eigenvalue weighted by Crippen LogP contribution is 2.25. The van der Waals surface area contributed by atoms with E-state index in [1.54, 1.807) is 24.3 Å². The Morgan fingerprint density at radius 2 is 1.58 bits per heavy atom. The van der Waals surface area contributed by atoms with Crippen LogP contribution in [0.5, 0.6) is 0 Å². The Morgan fingerprint density at radius 1 is 0.968 bits per heavy atom. The molecule has 0 unspecified atom stereocenters. The van der Waals surface area contributed by atoms with Crippen LogP contribution in [0.2, 0.25) is 0 Å². The van der Waals surface area contributed by atoms with Crippen LogP contribution in [0.4, 0.5) is 0 Å². The fourth-order valence-electron chi connectivity index (χ4n) is 3.32. The topological polar surface area (TPSA) is 66.5 Å². The van der Waals surface area contributed by atoms with Gasteiger partial charge in [-0.15, -0.1) is 11.8 Å². The zero-order valence-corrected chi connectivity index (χ0v) is 19.4. The molecule has 0 aliphatic rings. The second-order valence-corrected chi connectivity index (χ2v) is 10.1. The lowest BCUT2D eigenvalue weighted by Crippen LogP contribution is -2.40. The normalized spacial score (nSPS) is 12.5. The average molecular weight is 455 g/mol. The van der Waals surface area contributed by atoms with Gasteiger partial charge in [0.25, 0.3) is 0 Å². The number of nitrogens with zero attached hydrogens (tertiary/aromatic N) is 1. The number of benzene rings is 3. The van der Waals surface area contributed by atoms with Gasteiger partial charge in [-0.05, 0) is 54.1 Å². The number of sulfonamides is 1. The summed E-state index contributed by atoms with van der Waals surface area (Å²) < 4.78 is 26.9. The molecule has 0 heterocycles. The summed E-state index contributed by atoms with van der Waals surface area (Å²) in [5.74, 6) is -0.371. The fourth-order valence-corrected chi connectivity index (χ4v) is 4.85. The Kier molecular flexibility index (Phi) is 7.54. The zero-order chi connectivity index (χ0) is 22.4. The summed E-state index contributed by atoms with van der Waals surface area (Å²) in [6, 6.07) is 23.8. The number of thioether (sulfide) groups is 1. The fraction of sp³-hybridized carbons (Fsp3) is 0.208. The molecule has 5 nitrogen and oxygen atoms in total. The third-order valence-electron chi connectivity index (χ3n) is 5.07. The Hall–Kier alpha value is -2.61. The highest BCUT2D eigenvalue weighted by Gasteiger charge is 2.25. The maximum Gasteiger partial charge on any atom is 0.243 e. The first-order valence-corrected chi connectivity index (χ1v) is 12.5. The van der Waals surface area contributed by atoms with E-state index in [1.165, 1.54) is 18.8 Å². The van der Waals surface area contributed by atoms with Crippen molar-refractivity contribution in [3.05, 3.63) is 95.6 Å². The van der Waals surface area contributed by atoms with Gasteiger partial charge in [0, 0.05) is 11.9 Å². The van der Waals surface area contributed by atoms with Crippen molar-refractivity contribution in [1.82, 2.24) is 9.62 Å². The first-order valence-electron chi connectivity index (χ1n) is 9.83. The monoisotopic (exact) mass is 454 g/mol. The number of carbonyl (C=O) groups excluding carboxylic acids is 1. The van der Waals surface area contributed by atoms with Gasteiger partial charge in [-0.3, -0.25) is 4.79 Å². The van der Waals surface area contributed by atoms with E-state index >= 15 is 0 Å². The van der Waals surface area contributed by atoms with Crippen molar-refractivity contribution < 1.29 is 13.2 Å². The third-order valence-corrected chi connectivity index (χ3v) is 7.63. The van der Waals surface area contributed by atoms with Gasteiger partial charge >= 0.3 is 0 Å². The van der Waals surface area contributed by atoms with Gasteiger partial charge in [0.2, 0.25) is 15.9 Å². The lowest BCUT2D eigenvalue weighted by molar-refractivity contribution is -0.121. The number of hydrogen-bond donors (Lipinski definition) is 1. The van der Waals surface area contributed by atoms with Crippen LogP contribution >= 0.6 is 11.8 Å². The molecule has 0 bridgehead atoms. The number of aryl methyl sites for hydroxylation is 1. The van der Waals surface area contributed by atoms with Gasteiger partial charge in [-0.1, -0.05) is 54.6 Å². The van der Waals surface area contributed by atoms with Gasteiger partial charge < -0.3 is 5.32 Å². The third kappa shape index (κ3) is 5.55. The van der Waals surface area contributed by atoms with Crippen molar-refractivity contribution in [3.63, 3.8) is 0 Å². The molecule has 162 valence electrons. The quantitative estimate of drug-likeness (QED) is 0.517. The SMILES string of the molecule is CSc1ccc(S(=O)(=O)N(C)CC(=O)N[C@H](c2ccccc2)c2ccccc2C)cc1. The van der Waals surface area contributed by atoms with Gasteiger partial charge in [0.05, 0.1) is 17.5 Å². The van der Waals surface area contributed by atoms with Crippen molar-refractivity contribution in [2.24, 2.45) is 0 Å². The van der Waals surface area contributed by atoms with Crippen LogP contribution in [0.25, 0.3) is 0 Å². The minimum Gasteiger partial charge on any atom is -0.344 e. The van der Waals surface area contributed by atoms with Gasteiger partial charge in [-0.25, -0.2) is 8.42 Å². The summed E-state index contributed by atoms with van der Waals surface area (Å²) in [5, 5.41) is 3.01. The molecule has 0 aliphatic carbocycles. The Bertz CT molecular complexity index is 1130. The summed E-state index contributed by atoms with van der Waals surface area (Å²) >= 11 is 1.54. The van der Waals surface area contributed by atoms with Gasteiger partial charge in [-0.2, -0.15) is 4.31 Å². The second kappa shape index (κ2) is 10.1. The summed E-state index contributed by atoms with van der Waals surface area (Å²) in [6.07, 6.45) is 1.93. The Labute approximate surface area is 188 Å². The largest absolute Gasteiger partial charge is 0.344 e. The van der Waals surface area contributed by atoms with Crippen molar-refractivity contribution in [2.45, 2.75) is 22.8 Å². The molecule has 7 heteroatoms. The number of amides is 1. The van der Waals surface area contributed by atoms with Crippen molar-refractivity contribution in [1.29, 1.82) is 0 Å². The molecule has 0 aromatic heterocycles. The van der Waals surface area contributed by atoms with Crippen molar-refractivity contribution in [2.75, 3.05) is 19.8 Å². The summed E-state index contributed by atoms with van der Waals surface area (Å²) in [6.45, 7) is 1.72. The highest BCUT2D eigenvalue weighted by atomic mass is 32.2. The molecule has 1 N–H and O–H groups in total. The molecule has 0 fully saturated rings. The molecule has 0 radical (unpaired) electrons. The number of hydrogen-bond acceptors (Lipinski definition) is 4. The van der Waals surface area contributed by atoms with E-state index in [4.69, 9.17) is 0 Å². The number of likely N-dealkylation sites (N-methyl/N-ethyl adjacent to an activating group) is 1. The first kappa shape index (κ1) is 23.1. The van der Waals surface area contributed by atoms with Crippen LogP contribution < -0.4 is 5.32 Å². The van der Waals surface area contributed by atoms with E-state index in [9.17, 15) is 13.2 Å². The molecule has 0 aliphatic heterocycles. The lowest BCUT2D eigenvalue weighted by atomic mass is 9.95. The van der Waals surface area contributed by atoms with Gasteiger partial charge in [0.15, 0.2) is 0 Å². The molecule has 1 amide bonds. The maximum absolute atomic E-state index is 12.9. The number of nitrogens with one attached hydrogen (secondary N) is 1. The summed E-state index contributed by atoms with van der Waals surface area (Å²) in [7, 11) is -2.35. The predicted molar refractivity (Wildman–Crippen MR) is 126 cm³/mol. The molecular formula is C24H26N2O3S2. The van der Waals surface area contributed by atoms with E-state index in [-0.39, 0.29) is 23.4 Å². The van der Waals surface area contributed by atoms with Crippen LogP contribution in [0.1, 0.15) is 22.7 Å². The molecule has 0 saturated heterocycles. The second-order valence-electron chi connectivity index (χ2n) is 7.20. The molecular weight excluding hydrogens is 428 g/mol. The molecule has 3 rings (SSSR count). The molecule has 3 aromatic rings. The number of carbonyl (C=O) groups is 1. The zero-order valence-electron chi connectivity index (χ0n) is 17.8. The molecule has 0 saturated carbocycles. The first-order chi connectivity index (χ1) is 14.8. The molecule has 0 spiro atoms. The van der Waals surface area contributed by atoms with E-state index in [0.717, 1.165) is 25.9 Å². The lowest BCUT2D eigenvalue weighted by Gasteiger charge is -2.23. The standard InChI is InChI=1S/C24H26N2O3S2/c1-18-9-7-8-12-22(18)24(19-10-5-4-6-11-19)25-23(27)17-26(2)31(28,29)21-15-13-20(30-3)14-16-21/h4-16,24H,17H2,1-3H3,(H,25,27)/t24-/m1/s1. The average Bonchev–Trinajstić information content (AvgIpc) is 2.78.